The molecule has 1 rings (SSSR count). The Morgan fingerprint density at radius 1 is 1.40 bits per heavy atom. The molecule has 0 saturated carbocycles. The number of esters is 1. The summed E-state index contributed by atoms with van der Waals surface area (Å²) in [5, 5.41) is 0. The van der Waals surface area contributed by atoms with E-state index in [1.807, 2.05) is 21.1 Å². The van der Waals surface area contributed by atoms with Crippen molar-refractivity contribution < 1.29 is 14.0 Å². The smallest absolute Gasteiger partial charge is 0.367 e. The molecule has 0 aromatic heterocycles. The molecule has 0 aliphatic heterocycles. The fraction of sp³-hybridized carbons (Fsp3) is 0.364. The van der Waals surface area contributed by atoms with Gasteiger partial charge in [-0.25, -0.2) is 4.79 Å². The molecule has 0 bridgehead atoms. The van der Waals surface area contributed by atoms with Crippen LogP contribution in [0, 0.1) is 0 Å². The van der Waals surface area contributed by atoms with Gasteiger partial charge in [0.25, 0.3) is 0 Å². The predicted octanol–water partition coefficient (Wildman–Crippen LogP) is 0.880. The van der Waals surface area contributed by atoms with Crippen molar-refractivity contribution in [3.05, 3.63) is 24.3 Å². The third-order valence-electron chi connectivity index (χ3n) is 1.69. The molecule has 0 aliphatic carbocycles. The Hall–Kier alpha value is -1.55. The molecular formula is C11H17N2O2+. The minimum atomic E-state index is -0.256. The van der Waals surface area contributed by atoms with Gasteiger partial charge >= 0.3 is 5.97 Å². The zero-order valence-corrected chi connectivity index (χ0v) is 9.36. The maximum Gasteiger partial charge on any atom is 0.367 e. The van der Waals surface area contributed by atoms with Crippen molar-refractivity contribution in [3.8, 4) is 5.75 Å². The summed E-state index contributed by atoms with van der Waals surface area (Å²) in [5.41, 5.74) is 6.15. The summed E-state index contributed by atoms with van der Waals surface area (Å²) in [5.74, 6) is 0.238. The highest BCUT2D eigenvalue weighted by Crippen LogP contribution is 2.14. The van der Waals surface area contributed by atoms with Gasteiger partial charge in [0.1, 0.15) is 5.75 Å². The third-order valence-corrected chi connectivity index (χ3v) is 1.69. The third kappa shape index (κ3) is 4.46. The molecule has 0 spiro atoms. The first-order chi connectivity index (χ1) is 6.87. The number of likely N-dealkylation sites (N-methyl/N-ethyl adjacent to an activating group) is 1. The van der Waals surface area contributed by atoms with Crippen LogP contribution in [0.4, 0.5) is 5.69 Å². The number of nitrogens with zero attached hydrogens (tertiary/aromatic N) is 1. The molecule has 82 valence electrons. The van der Waals surface area contributed by atoms with E-state index in [9.17, 15) is 4.79 Å². The van der Waals surface area contributed by atoms with E-state index in [-0.39, 0.29) is 5.97 Å². The summed E-state index contributed by atoms with van der Waals surface area (Å²) in [4.78, 5) is 11.5. The van der Waals surface area contributed by atoms with Gasteiger partial charge in [-0.1, -0.05) is 6.07 Å². The van der Waals surface area contributed by atoms with Crippen molar-refractivity contribution in [2.24, 2.45) is 0 Å². The molecule has 0 saturated heterocycles. The monoisotopic (exact) mass is 209 g/mol. The van der Waals surface area contributed by atoms with Crippen LogP contribution in [-0.2, 0) is 4.79 Å². The normalized spacial score (nSPS) is 11.1. The molecule has 0 amide bonds. The molecule has 0 radical (unpaired) electrons. The van der Waals surface area contributed by atoms with Crippen molar-refractivity contribution >= 4 is 11.7 Å². The number of benzene rings is 1. The Bertz CT molecular complexity index is 356. The fourth-order valence-corrected chi connectivity index (χ4v) is 1.13. The van der Waals surface area contributed by atoms with Crippen LogP contribution in [-0.4, -0.2) is 38.1 Å². The summed E-state index contributed by atoms with van der Waals surface area (Å²) in [6.45, 7) is 0.328. The van der Waals surface area contributed by atoms with Crippen LogP contribution >= 0.6 is 0 Å². The van der Waals surface area contributed by atoms with E-state index in [4.69, 9.17) is 10.5 Å². The highest BCUT2D eigenvalue weighted by atomic mass is 16.5. The van der Waals surface area contributed by atoms with Crippen molar-refractivity contribution in [3.63, 3.8) is 0 Å². The first kappa shape index (κ1) is 11.5. The number of nitrogens with two attached hydrogens (primary N) is 1. The SMILES string of the molecule is C[N+](C)(C)CC(=O)Oc1cccc(N)c1. The predicted molar refractivity (Wildman–Crippen MR) is 59.4 cm³/mol. The molecule has 0 atom stereocenters. The number of hydrogen-bond donors (Lipinski definition) is 1. The number of quaternary nitrogens is 1. The number of carbonyl (C=O) groups is 1. The lowest BCUT2D eigenvalue weighted by molar-refractivity contribution is -0.862. The molecule has 2 N–H and O–H groups in total. The van der Waals surface area contributed by atoms with Crippen molar-refractivity contribution in [1.82, 2.24) is 0 Å². The molecular weight excluding hydrogens is 192 g/mol. The van der Waals surface area contributed by atoms with E-state index in [1.54, 1.807) is 24.3 Å². The van der Waals surface area contributed by atoms with Crippen LogP contribution in [0.15, 0.2) is 24.3 Å². The quantitative estimate of drug-likeness (QED) is 0.348. The molecule has 1 aromatic carbocycles. The minimum Gasteiger partial charge on any atom is -0.422 e. The van der Waals surface area contributed by atoms with E-state index in [2.05, 4.69) is 0 Å². The van der Waals surface area contributed by atoms with Crippen LogP contribution in [0.5, 0.6) is 5.75 Å². The first-order valence-corrected chi connectivity index (χ1v) is 4.73. The minimum absolute atomic E-state index is 0.256. The Balaban J connectivity index is 2.59. The summed E-state index contributed by atoms with van der Waals surface area (Å²) < 4.78 is 5.68. The largest absolute Gasteiger partial charge is 0.422 e. The van der Waals surface area contributed by atoms with Gasteiger partial charge in [-0.3, -0.25) is 0 Å². The number of anilines is 1. The number of rotatable bonds is 3. The maximum atomic E-state index is 11.5. The van der Waals surface area contributed by atoms with E-state index < -0.39 is 0 Å². The summed E-state index contributed by atoms with van der Waals surface area (Å²) in [7, 11) is 5.79. The van der Waals surface area contributed by atoms with Crippen LogP contribution in [0.25, 0.3) is 0 Å². The van der Waals surface area contributed by atoms with Gasteiger partial charge in [0.15, 0.2) is 6.54 Å². The molecule has 15 heavy (non-hydrogen) atoms. The van der Waals surface area contributed by atoms with E-state index >= 15 is 0 Å². The zero-order valence-electron chi connectivity index (χ0n) is 9.36. The van der Waals surface area contributed by atoms with Crippen LogP contribution in [0.1, 0.15) is 0 Å². The number of carbonyl (C=O) groups excluding carboxylic acids is 1. The van der Waals surface area contributed by atoms with E-state index in [0.717, 1.165) is 0 Å². The average molecular weight is 209 g/mol. The average Bonchev–Trinajstić information content (AvgIpc) is 1.99. The van der Waals surface area contributed by atoms with Gasteiger partial charge in [-0.05, 0) is 12.1 Å². The van der Waals surface area contributed by atoms with Crippen LogP contribution < -0.4 is 10.5 Å². The van der Waals surface area contributed by atoms with Gasteiger partial charge < -0.3 is 15.0 Å². The van der Waals surface area contributed by atoms with Gasteiger partial charge in [-0.2, -0.15) is 0 Å². The fourth-order valence-electron chi connectivity index (χ4n) is 1.13. The topological polar surface area (TPSA) is 52.3 Å². The highest BCUT2D eigenvalue weighted by Gasteiger charge is 2.16. The Kier molecular flexibility index (Phi) is 3.31. The number of nitrogen functional groups attached to an aromatic ring is 1. The van der Waals surface area contributed by atoms with E-state index in [1.165, 1.54) is 0 Å². The summed E-state index contributed by atoms with van der Waals surface area (Å²) in [6, 6.07) is 6.85. The Morgan fingerprint density at radius 3 is 2.60 bits per heavy atom. The number of hydrogen-bond acceptors (Lipinski definition) is 3. The second-order valence-electron chi connectivity index (χ2n) is 4.49. The first-order valence-electron chi connectivity index (χ1n) is 4.73. The summed E-state index contributed by atoms with van der Waals surface area (Å²) in [6.07, 6.45) is 0. The Labute approximate surface area is 89.8 Å². The summed E-state index contributed by atoms with van der Waals surface area (Å²) >= 11 is 0. The van der Waals surface area contributed by atoms with E-state index in [0.29, 0.717) is 22.5 Å². The van der Waals surface area contributed by atoms with Gasteiger partial charge in [0.2, 0.25) is 0 Å². The molecule has 4 nitrogen and oxygen atoms in total. The lowest BCUT2D eigenvalue weighted by atomic mass is 10.3. The number of ether oxygens (including phenoxy) is 1. The van der Waals surface area contributed by atoms with Gasteiger partial charge in [0, 0.05) is 11.8 Å². The molecule has 4 heteroatoms. The lowest BCUT2D eigenvalue weighted by Gasteiger charge is -2.22. The van der Waals surface area contributed by atoms with Gasteiger partial charge in [0.05, 0.1) is 21.1 Å². The molecule has 0 aliphatic rings. The maximum absolute atomic E-state index is 11.5. The molecule has 0 fully saturated rings. The van der Waals surface area contributed by atoms with Crippen molar-refractivity contribution in [2.45, 2.75) is 0 Å². The zero-order chi connectivity index (χ0) is 11.5. The highest BCUT2D eigenvalue weighted by molar-refractivity contribution is 5.73. The van der Waals surface area contributed by atoms with Gasteiger partial charge in [-0.15, -0.1) is 0 Å². The second-order valence-corrected chi connectivity index (χ2v) is 4.49. The second kappa shape index (κ2) is 4.31. The molecule has 0 heterocycles. The van der Waals surface area contributed by atoms with Crippen molar-refractivity contribution in [1.29, 1.82) is 0 Å². The van der Waals surface area contributed by atoms with Crippen molar-refractivity contribution in [2.75, 3.05) is 33.4 Å². The van der Waals surface area contributed by atoms with Crippen LogP contribution in [0.2, 0.25) is 0 Å². The van der Waals surface area contributed by atoms with Crippen LogP contribution in [0.3, 0.4) is 0 Å². The standard InChI is InChI=1S/C11H17N2O2/c1-13(2,3)8-11(14)15-10-6-4-5-9(12)7-10/h4-7H,8,12H2,1-3H3/q+1. The molecule has 0 unspecified atom stereocenters. The molecule has 1 aromatic rings. The Morgan fingerprint density at radius 2 is 2.07 bits per heavy atom. The lowest BCUT2D eigenvalue weighted by Crippen LogP contribution is -2.41.